The fraction of sp³-hybridized carbons (Fsp3) is 0.391. The molecule has 1 fully saturated rings. The molecule has 2 aromatic rings. The number of likely N-dealkylation sites (tertiary alicyclic amines) is 1. The van der Waals surface area contributed by atoms with Gasteiger partial charge in [-0.2, -0.15) is 0 Å². The Morgan fingerprint density at radius 1 is 1.04 bits per heavy atom. The lowest BCUT2D eigenvalue weighted by Crippen LogP contribution is -2.47. The Labute approximate surface area is 166 Å². The molecule has 1 aliphatic rings. The molecule has 1 heterocycles. The maximum atomic E-state index is 12.4. The van der Waals surface area contributed by atoms with Crippen LogP contribution in [0.1, 0.15) is 42.1 Å². The van der Waals surface area contributed by atoms with Crippen molar-refractivity contribution < 1.29 is 14.3 Å². The van der Waals surface area contributed by atoms with E-state index in [1.54, 1.807) is 12.1 Å². The molecule has 0 unspecified atom stereocenters. The zero-order chi connectivity index (χ0) is 19.8. The molecule has 0 atom stereocenters. The minimum absolute atomic E-state index is 0.00882. The molecule has 0 radical (unpaired) electrons. The Kier molecular flexibility index (Phi) is 7.06. The number of benzene rings is 2. The summed E-state index contributed by atoms with van der Waals surface area (Å²) >= 11 is 0. The SMILES string of the molecule is CCCc1ccc(OCC(=O)N2CCC(NC(=O)c3ccccc3)CC2)cc1. The number of aryl methyl sites for hydroxylation is 1. The molecule has 0 spiro atoms. The summed E-state index contributed by atoms with van der Waals surface area (Å²) in [6, 6.07) is 17.2. The van der Waals surface area contributed by atoms with Crippen molar-refractivity contribution in [2.45, 2.75) is 38.6 Å². The lowest BCUT2D eigenvalue weighted by Gasteiger charge is -2.32. The predicted molar refractivity (Wildman–Crippen MR) is 109 cm³/mol. The maximum absolute atomic E-state index is 12.4. The van der Waals surface area contributed by atoms with Crippen molar-refractivity contribution in [1.29, 1.82) is 0 Å². The molecular weight excluding hydrogens is 352 g/mol. The molecule has 1 saturated heterocycles. The second-order valence-corrected chi connectivity index (χ2v) is 7.18. The number of hydrogen-bond acceptors (Lipinski definition) is 3. The van der Waals surface area contributed by atoms with Gasteiger partial charge in [0.2, 0.25) is 0 Å². The van der Waals surface area contributed by atoms with E-state index < -0.39 is 0 Å². The first-order valence-corrected chi connectivity index (χ1v) is 10.0. The highest BCUT2D eigenvalue weighted by Crippen LogP contribution is 2.15. The fourth-order valence-electron chi connectivity index (χ4n) is 3.41. The highest BCUT2D eigenvalue weighted by Gasteiger charge is 2.24. The fourth-order valence-corrected chi connectivity index (χ4v) is 3.41. The first-order chi connectivity index (χ1) is 13.7. The predicted octanol–water partition coefficient (Wildman–Crippen LogP) is 3.44. The van der Waals surface area contributed by atoms with Crippen molar-refractivity contribution >= 4 is 11.8 Å². The van der Waals surface area contributed by atoms with Crippen LogP contribution >= 0.6 is 0 Å². The van der Waals surface area contributed by atoms with Crippen LogP contribution in [0.5, 0.6) is 5.75 Å². The number of carbonyl (C=O) groups excluding carboxylic acids is 2. The van der Waals surface area contributed by atoms with Crippen LogP contribution in [0.2, 0.25) is 0 Å². The third-order valence-corrected chi connectivity index (χ3v) is 5.04. The first-order valence-electron chi connectivity index (χ1n) is 10.0. The van der Waals surface area contributed by atoms with Gasteiger partial charge in [0, 0.05) is 24.7 Å². The first kappa shape index (κ1) is 19.9. The van der Waals surface area contributed by atoms with Crippen molar-refractivity contribution in [3.05, 3.63) is 65.7 Å². The third-order valence-electron chi connectivity index (χ3n) is 5.04. The average molecular weight is 380 g/mol. The number of nitrogens with zero attached hydrogens (tertiary/aromatic N) is 1. The molecule has 0 saturated carbocycles. The van der Waals surface area contributed by atoms with Crippen LogP contribution in [0.15, 0.2) is 54.6 Å². The molecule has 148 valence electrons. The van der Waals surface area contributed by atoms with Crippen molar-refractivity contribution in [3.8, 4) is 5.75 Å². The quantitative estimate of drug-likeness (QED) is 0.800. The van der Waals surface area contributed by atoms with Crippen molar-refractivity contribution in [3.63, 3.8) is 0 Å². The Hall–Kier alpha value is -2.82. The summed E-state index contributed by atoms with van der Waals surface area (Å²) in [5.74, 6) is 0.656. The van der Waals surface area contributed by atoms with Crippen LogP contribution in [0.3, 0.4) is 0 Å². The van der Waals surface area contributed by atoms with Gasteiger partial charge in [-0.15, -0.1) is 0 Å². The van der Waals surface area contributed by atoms with Gasteiger partial charge in [0.15, 0.2) is 6.61 Å². The molecule has 1 N–H and O–H groups in total. The van der Waals surface area contributed by atoms with Crippen LogP contribution in [-0.2, 0) is 11.2 Å². The van der Waals surface area contributed by atoms with Gasteiger partial charge in [0.25, 0.3) is 11.8 Å². The minimum Gasteiger partial charge on any atom is -0.484 e. The van der Waals surface area contributed by atoms with E-state index >= 15 is 0 Å². The Morgan fingerprint density at radius 3 is 2.36 bits per heavy atom. The summed E-state index contributed by atoms with van der Waals surface area (Å²) in [6.07, 6.45) is 3.68. The number of nitrogens with one attached hydrogen (secondary N) is 1. The van der Waals surface area contributed by atoms with E-state index in [1.807, 2.05) is 47.4 Å². The summed E-state index contributed by atoms with van der Waals surface area (Å²) < 4.78 is 5.64. The Balaban J connectivity index is 1.40. The minimum atomic E-state index is -0.0553. The molecule has 2 amide bonds. The zero-order valence-electron chi connectivity index (χ0n) is 16.4. The van der Waals surface area contributed by atoms with E-state index in [9.17, 15) is 9.59 Å². The second-order valence-electron chi connectivity index (χ2n) is 7.18. The molecule has 0 bridgehead atoms. The number of hydrogen-bond donors (Lipinski definition) is 1. The Morgan fingerprint density at radius 2 is 1.71 bits per heavy atom. The highest BCUT2D eigenvalue weighted by atomic mass is 16.5. The molecule has 3 rings (SSSR count). The van der Waals surface area contributed by atoms with Gasteiger partial charge in [-0.1, -0.05) is 43.7 Å². The van der Waals surface area contributed by atoms with Gasteiger partial charge < -0.3 is 15.0 Å². The number of rotatable bonds is 7. The zero-order valence-corrected chi connectivity index (χ0v) is 16.4. The molecule has 5 nitrogen and oxygen atoms in total. The van der Waals surface area contributed by atoms with Gasteiger partial charge in [-0.25, -0.2) is 0 Å². The topological polar surface area (TPSA) is 58.6 Å². The van der Waals surface area contributed by atoms with Crippen LogP contribution in [0.25, 0.3) is 0 Å². The van der Waals surface area contributed by atoms with Crippen LogP contribution in [0.4, 0.5) is 0 Å². The number of piperidine rings is 1. The number of ether oxygens (including phenoxy) is 1. The van der Waals surface area contributed by atoms with Gasteiger partial charge in [-0.3, -0.25) is 9.59 Å². The Bertz CT molecular complexity index is 766. The summed E-state index contributed by atoms with van der Waals surface area (Å²) in [5.41, 5.74) is 1.94. The molecule has 1 aliphatic heterocycles. The van der Waals surface area contributed by atoms with E-state index in [4.69, 9.17) is 4.74 Å². The number of carbonyl (C=O) groups is 2. The van der Waals surface area contributed by atoms with E-state index in [-0.39, 0.29) is 24.5 Å². The van der Waals surface area contributed by atoms with Crippen molar-refractivity contribution in [1.82, 2.24) is 10.2 Å². The van der Waals surface area contributed by atoms with Crippen LogP contribution < -0.4 is 10.1 Å². The maximum Gasteiger partial charge on any atom is 0.260 e. The smallest absolute Gasteiger partial charge is 0.260 e. The van der Waals surface area contributed by atoms with Crippen molar-refractivity contribution in [2.24, 2.45) is 0 Å². The molecular formula is C23H28N2O3. The second kappa shape index (κ2) is 9.93. The monoisotopic (exact) mass is 380 g/mol. The normalized spacial score (nSPS) is 14.5. The van der Waals surface area contributed by atoms with Crippen LogP contribution in [-0.4, -0.2) is 42.5 Å². The average Bonchev–Trinajstić information content (AvgIpc) is 2.74. The van der Waals surface area contributed by atoms with Crippen molar-refractivity contribution in [2.75, 3.05) is 19.7 Å². The third kappa shape index (κ3) is 5.59. The van der Waals surface area contributed by atoms with E-state index in [0.29, 0.717) is 18.7 Å². The summed E-state index contributed by atoms with van der Waals surface area (Å²) in [6.45, 7) is 3.47. The van der Waals surface area contributed by atoms with Gasteiger partial charge in [-0.05, 0) is 49.1 Å². The molecule has 2 aromatic carbocycles. The van der Waals surface area contributed by atoms with E-state index in [2.05, 4.69) is 12.2 Å². The largest absolute Gasteiger partial charge is 0.484 e. The summed E-state index contributed by atoms with van der Waals surface area (Å²) in [7, 11) is 0. The summed E-state index contributed by atoms with van der Waals surface area (Å²) in [4.78, 5) is 26.5. The molecule has 0 aromatic heterocycles. The standard InChI is InChI=1S/C23H28N2O3/c1-2-6-18-9-11-21(12-10-18)28-17-22(26)25-15-13-20(14-16-25)24-23(27)19-7-4-3-5-8-19/h3-5,7-12,20H,2,6,13-17H2,1H3,(H,24,27). The lowest BCUT2D eigenvalue weighted by molar-refractivity contribution is -0.134. The lowest BCUT2D eigenvalue weighted by atomic mass is 10.0. The summed E-state index contributed by atoms with van der Waals surface area (Å²) in [5, 5.41) is 3.06. The van der Waals surface area contributed by atoms with E-state index in [1.165, 1.54) is 5.56 Å². The molecule has 5 heteroatoms. The van der Waals surface area contributed by atoms with E-state index in [0.717, 1.165) is 31.4 Å². The number of amides is 2. The van der Waals surface area contributed by atoms with Gasteiger partial charge in [0.05, 0.1) is 0 Å². The van der Waals surface area contributed by atoms with Gasteiger partial charge in [0.1, 0.15) is 5.75 Å². The van der Waals surface area contributed by atoms with Gasteiger partial charge >= 0.3 is 0 Å². The molecule has 0 aliphatic carbocycles. The highest BCUT2D eigenvalue weighted by molar-refractivity contribution is 5.94. The van der Waals surface area contributed by atoms with Crippen LogP contribution in [0, 0.1) is 0 Å². The molecule has 28 heavy (non-hydrogen) atoms.